The van der Waals surface area contributed by atoms with Crippen LogP contribution in [0, 0.1) is 0 Å². The molecule has 0 aliphatic heterocycles. The Morgan fingerprint density at radius 2 is 1.63 bits per heavy atom. The first-order chi connectivity index (χ1) is 13.0. The summed E-state index contributed by atoms with van der Waals surface area (Å²) in [7, 11) is 0. The van der Waals surface area contributed by atoms with Crippen molar-refractivity contribution in [1.82, 2.24) is 5.32 Å². The Kier molecular flexibility index (Phi) is 7.37. The molecule has 0 bridgehead atoms. The van der Waals surface area contributed by atoms with E-state index in [-0.39, 0.29) is 30.4 Å². The van der Waals surface area contributed by atoms with Crippen molar-refractivity contribution in [2.75, 3.05) is 18.5 Å². The molecule has 0 unspecified atom stereocenters. The van der Waals surface area contributed by atoms with E-state index in [2.05, 4.69) is 10.6 Å². The minimum Gasteiger partial charge on any atom is -0.484 e. The van der Waals surface area contributed by atoms with Gasteiger partial charge in [-0.2, -0.15) is 0 Å². The minimum atomic E-state index is -0.974. The molecule has 2 rings (SSSR count). The highest BCUT2D eigenvalue weighted by atomic mass is 16.5. The first-order valence-corrected chi connectivity index (χ1v) is 8.59. The highest BCUT2D eigenvalue weighted by molar-refractivity contribution is 5.91. The molecule has 2 amide bonds. The number of carboxylic acid groups (broad SMARTS) is 1. The van der Waals surface area contributed by atoms with E-state index in [1.807, 2.05) is 6.92 Å². The van der Waals surface area contributed by atoms with Gasteiger partial charge in [-0.1, -0.05) is 12.1 Å². The zero-order chi connectivity index (χ0) is 19.6. The van der Waals surface area contributed by atoms with Crippen molar-refractivity contribution in [1.29, 1.82) is 0 Å². The quantitative estimate of drug-likeness (QED) is 0.629. The number of benzene rings is 2. The van der Waals surface area contributed by atoms with Gasteiger partial charge in [-0.3, -0.25) is 9.59 Å². The van der Waals surface area contributed by atoms with Gasteiger partial charge >= 0.3 is 5.97 Å². The van der Waals surface area contributed by atoms with Crippen LogP contribution in [0.25, 0.3) is 0 Å². The standard InChI is InChI=1S/C20H22N2O5/c1-2-21-19(24)13-27-17-10-8-16(9-11-17)22-18(23)12-5-14-3-6-15(7-4-14)20(25)26/h3-4,6-11H,2,5,12-13H2,1H3,(H,21,24)(H,22,23)(H,25,26). The van der Waals surface area contributed by atoms with Gasteiger partial charge in [-0.05, 0) is 55.3 Å². The van der Waals surface area contributed by atoms with Crippen molar-refractivity contribution in [3.63, 3.8) is 0 Å². The minimum absolute atomic E-state index is 0.0553. The van der Waals surface area contributed by atoms with Gasteiger partial charge in [0.15, 0.2) is 6.61 Å². The van der Waals surface area contributed by atoms with Gasteiger partial charge in [0.25, 0.3) is 5.91 Å². The van der Waals surface area contributed by atoms with Crippen LogP contribution < -0.4 is 15.4 Å². The Hall–Kier alpha value is -3.35. The van der Waals surface area contributed by atoms with Crippen molar-refractivity contribution < 1.29 is 24.2 Å². The summed E-state index contributed by atoms with van der Waals surface area (Å²) < 4.78 is 5.35. The van der Waals surface area contributed by atoms with E-state index in [0.29, 0.717) is 24.4 Å². The average Bonchev–Trinajstić information content (AvgIpc) is 2.66. The lowest BCUT2D eigenvalue weighted by Gasteiger charge is -2.08. The van der Waals surface area contributed by atoms with Crippen molar-refractivity contribution in [2.45, 2.75) is 19.8 Å². The topological polar surface area (TPSA) is 105 Å². The van der Waals surface area contributed by atoms with Gasteiger partial charge in [0.1, 0.15) is 5.75 Å². The fourth-order valence-electron chi connectivity index (χ4n) is 2.33. The summed E-state index contributed by atoms with van der Waals surface area (Å²) in [5.74, 6) is -0.768. The molecule has 0 atom stereocenters. The molecule has 7 heteroatoms. The van der Waals surface area contributed by atoms with Crippen LogP contribution in [-0.2, 0) is 16.0 Å². The van der Waals surface area contributed by atoms with Crippen LogP contribution in [-0.4, -0.2) is 36.0 Å². The second-order valence-electron chi connectivity index (χ2n) is 5.82. The fraction of sp³-hybridized carbons (Fsp3) is 0.250. The number of likely N-dealkylation sites (N-methyl/N-ethyl adjacent to an activating group) is 1. The molecule has 0 spiro atoms. The molecule has 0 aliphatic carbocycles. The number of rotatable bonds is 9. The number of hydrogen-bond donors (Lipinski definition) is 3. The Bertz CT molecular complexity index is 785. The lowest BCUT2D eigenvalue weighted by atomic mass is 10.1. The highest BCUT2D eigenvalue weighted by Crippen LogP contribution is 2.16. The van der Waals surface area contributed by atoms with Crippen LogP contribution in [0.4, 0.5) is 5.69 Å². The van der Waals surface area contributed by atoms with Crippen LogP contribution in [0.2, 0.25) is 0 Å². The molecule has 142 valence electrons. The maximum atomic E-state index is 12.0. The molecule has 2 aromatic carbocycles. The SMILES string of the molecule is CCNC(=O)COc1ccc(NC(=O)CCc2ccc(C(=O)O)cc2)cc1. The molecular weight excluding hydrogens is 348 g/mol. The molecular formula is C20H22N2O5. The van der Waals surface area contributed by atoms with E-state index in [9.17, 15) is 14.4 Å². The molecule has 0 saturated carbocycles. The molecule has 0 aliphatic rings. The van der Waals surface area contributed by atoms with Crippen LogP contribution in [0.1, 0.15) is 29.3 Å². The van der Waals surface area contributed by atoms with Crippen LogP contribution in [0.5, 0.6) is 5.75 Å². The van der Waals surface area contributed by atoms with E-state index in [4.69, 9.17) is 9.84 Å². The van der Waals surface area contributed by atoms with Crippen molar-refractivity contribution in [2.24, 2.45) is 0 Å². The largest absolute Gasteiger partial charge is 0.484 e. The van der Waals surface area contributed by atoms with E-state index in [0.717, 1.165) is 5.56 Å². The third kappa shape index (κ3) is 6.81. The Labute approximate surface area is 157 Å². The molecule has 3 N–H and O–H groups in total. The lowest BCUT2D eigenvalue weighted by molar-refractivity contribution is -0.123. The molecule has 0 radical (unpaired) electrons. The summed E-state index contributed by atoms with van der Waals surface area (Å²) in [5.41, 5.74) is 1.74. The van der Waals surface area contributed by atoms with Crippen molar-refractivity contribution >= 4 is 23.5 Å². The number of carboxylic acids is 1. The van der Waals surface area contributed by atoms with Gasteiger partial charge < -0.3 is 20.5 Å². The first kappa shape index (κ1) is 20.0. The number of anilines is 1. The van der Waals surface area contributed by atoms with Gasteiger partial charge in [0, 0.05) is 18.7 Å². The zero-order valence-corrected chi connectivity index (χ0v) is 15.0. The number of nitrogens with one attached hydrogen (secondary N) is 2. The third-order valence-electron chi connectivity index (χ3n) is 3.72. The van der Waals surface area contributed by atoms with Crippen molar-refractivity contribution in [3.8, 4) is 5.75 Å². The number of aromatic carboxylic acids is 1. The predicted molar refractivity (Wildman–Crippen MR) is 101 cm³/mol. The number of amides is 2. The number of hydrogen-bond acceptors (Lipinski definition) is 4. The first-order valence-electron chi connectivity index (χ1n) is 8.59. The summed E-state index contributed by atoms with van der Waals surface area (Å²) in [6.45, 7) is 2.33. The summed E-state index contributed by atoms with van der Waals surface area (Å²) in [5, 5.41) is 14.3. The van der Waals surface area contributed by atoms with E-state index < -0.39 is 5.97 Å². The molecule has 0 saturated heterocycles. The van der Waals surface area contributed by atoms with Gasteiger partial charge in [0.2, 0.25) is 5.91 Å². The Balaban J connectivity index is 1.78. The molecule has 2 aromatic rings. The summed E-state index contributed by atoms with van der Waals surface area (Å²) in [6.07, 6.45) is 0.793. The normalized spacial score (nSPS) is 10.1. The van der Waals surface area contributed by atoms with Gasteiger partial charge in [0.05, 0.1) is 5.56 Å². The number of carbonyl (C=O) groups is 3. The highest BCUT2D eigenvalue weighted by Gasteiger charge is 2.06. The number of aryl methyl sites for hydroxylation is 1. The number of carbonyl (C=O) groups excluding carboxylic acids is 2. The number of ether oxygens (including phenoxy) is 1. The zero-order valence-electron chi connectivity index (χ0n) is 15.0. The summed E-state index contributed by atoms with van der Waals surface area (Å²) in [6, 6.07) is 13.2. The van der Waals surface area contributed by atoms with E-state index >= 15 is 0 Å². The fourth-order valence-corrected chi connectivity index (χ4v) is 2.33. The maximum absolute atomic E-state index is 12.0. The third-order valence-corrected chi connectivity index (χ3v) is 3.72. The summed E-state index contributed by atoms with van der Waals surface area (Å²) >= 11 is 0. The van der Waals surface area contributed by atoms with E-state index in [1.54, 1.807) is 36.4 Å². The van der Waals surface area contributed by atoms with Crippen LogP contribution in [0.15, 0.2) is 48.5 Å². The maximum Gasteiger partial charge on any atom is 0.335 e. The monoisotopic (exact) mass is 370 g/mol. The van der Waals surface area contributed by atoms with Crippen LogP contribution in [0.3, 0.4) is 0 Å². The molecule has 27 heavy (non-hydrogen) atoms. The van der Waals surface area contributed by atoms with Gasteiger partial charge in [-0.15, -0.1) is 0 Å². The van der Waals surface area contributed by atoms with Crippen molar-refractivity contribution in [3.05, 3.63) is 59.7 Å². The Morgan fingerprint density at radius 3 is 2.22 bits per heavy atom. The Morgan fingerprint density at radius 1 is 0.963 bits per heavy atom. The predicted octanol–water partition coefficient (Wildman–Crippen LogP) is 2.47. The average molecular weight is 370 g/mol. The molecule has 0 fully saturated rings. The second kappa shape index (κ2) is 9.96. The smallest absolute Gasteiger partial charge is 0.335 e. The van der Waals surface area contributed by atoms with E-state index in [1.165, 1.54) is 12.1 Å². The van der Waals surface area contributed by atoms with Crippen LogP contribution >= 0.6 is 0 Å². The molecule has 0 heterocycles. The summed E-state index contributed by atoms with van der Waals surface area (Å²) in [4.78, 5) is 34.2. The van der Waals surface area contributed by atoms with Gasteiger partial charge in [-0.25, -0.2) is 4.79 Å². The molecule has 7 nitrogen and oxygen atoms in total. The lowest BCUT2D eigenvalue weighted by Crippen LogP contribution is -2.28. The second-order valence-corrected chi connectivity index (χ2v) is 5.82. The molecule has 0 aromatic heterocycles.